The van der Waals surface area contributed by atoms with Gasteiger partial charge in [0, 0.05) is 6.07 Å². The lowest BCUT2D eigenvalue weighted by atomic mass is 10.1. The van der Waals surface area contributed by atoms with Crippen molar-refractivity contribution in [3.05, 3.63) is 47.5 Å². The Balaban J connectivity index is 1.85. The van der Waals surface area contributed by atoms with Gasteiger partial charge in [0.15, 0.2) is 13.2 Å². The summed E-state index contributed by atoms with van der Waals surface area (Å²) >= 11 is 0. The quantitative estimate of drug-likeness (QED) is 0.717. The van der Waals surface area contributed by atoms with Crippen molar-refractivity contribution in [3.63, 3.8) is 0 Å². The van der Waals surface area contributed by atoms with E-state index in [1.807, 2.05) is 26.0 Å². The predicted octanol–water partition coefficient (Wildman–Crippen LogP) is 2.88. The van der Waals surface area contributed by atoms with E-state index in [0.717, 1.165) is 11.1 Å². The summed E-state index contributed by atoms with van der Waals surface area (Å²) in [5, 5.41) is 2.62. The fraction of sp³-hybridized carbons (Fsp3) is 0.300. The Morgan fingerprint density at radius 1 is 0.963 bits per heavy atom. The molecule has 144 valence electrons. The van der Waals surface area contributed by atoms with Crippen molar-refractivity contribution < 1.29 is 28.5 Å². The Morgan fingerprint density at radius 2 is 1.74 bits per heavy atom. The number of amides is 1. The fourth-order valence-corrected chi connectivity index (χ4v) is 2.30. The summed E-state index contributed by atoms with van der Waals surface area (Å²) in [4.78, 5) is 23.9. The van der Waals surface area contributed by atoms with E-state index >= 15 is 0 Å². The molecule has 0 atom stereocenters. The third kappa shape index (κ3) is 5.64. The molecule has 0 aromatic heterocycles. The molecule has 0 spiro atoms. The maximum Gasteiger partial charge on any atom is 0.344 e. The fourth-order valence-electron chi connectivity index (χ4n) is 2.30. The second kappa shape index (κ2) is 9.47. The van der Waals surface area contributed by atoms with Crippen LogP contribution in [0.2, 0.25) is 0 Å². The molecule has 0 bridgehead atoms. The molecule has 2 aromatic rings. The lowest BCUT2D eigenvalue weighted by molar-refractivity contribution is -0.149. The maximum atomic E-state index is 12.0. The van der Waals surface area contributed by atoms with Gasteiger partial charge < -0.3 is 24.3 Å². The number of carbonyl (C=O) groups excluding carboxylic acids is 2. The number of carbonyl (C=O) groups is 2. The van der Waals surface area contributed by atoms with Crippen molar-refractivity contribution in [2.45, 2.75) is 13.8 Å². The smallest absolute Gasteiger partial charge is 0.344 e. The standard InChI is InChI=1S/C20H23NO6/c1-13-6-5-7-17(14(13)2)26-12-20(23)27-11-19(22)21-16-10-15(24-3)8-9-18(16)25-4/h5-10H,11-12H2,1-4H3,(H,21,22). The number of ether oxygens (including phenoxy) is 4. The largest absolute Gasteiger partial charge is 0.497 e. The topological polar surface area (TPSA) is 83.1 Å². The molecule has 2 rings (SSSR count). The predicted molar refractivity (Wildman–Crippen MR) is 101 cm³/mol. The van der Waals surface area contributed by atoms with E-state index in [9.17, 15) is 9.59 Å². The highest BCUT2D eigenvalue weighted by Gasteiger charge is 2.13. The molecule has 0 fully saturated rings. The number of anilines is 1. The molecule has 0 aliphatic heterocycles. The highest BCUT2D eigenvalue weighted by Crippen LogP contribution is 2.28. The minimum Gasteiger partial charge on any atom is -0.497 e. The monoisotopic (exact) mass is 373 g/mol. The number of methoxy groups -OCH3 is 2. The lowest BCUT2D eigenvalue weighted by Crippen LogP contribution is -2.24. The van der Waals surface area contributed by atoms with E-state index < -0.39 is 18.5 Å². The molecule has 0 aliphatic rings. The van der Waals surface area contributed by atoms with Gasteiger partial charge >= 0.3 is 5.97 Å². The summed E-state index contributed by atoms with van der Waals surface area (Å²) in [5.41, 5.74) is 2.44. The Kier molecular flexibility index (Phi) is 7.05. The van der Waals surface area contributed by atoms with Crippen LogP contribution in [0, 0.1) is 13.8 Å². The molecule has 27 heavy (non-hydrogen) atoms. The van der Waals surface area contributed by atoms with Gasteiger partial charge in [-0.25, -0.2) is 4.79 Å². The van der Waals surface area contributed by atoms with Gasteiger partial charge in [0.2, 0.25) is 0 Å². The van der Waals surface area contributed by atoms with Crippen LogP contribution in [-0.2, 0) is 14.3 Å². The lowest BCUT2D eigenvalue weighted by Gasteiger charge is -2.12. The van der Waals surface area contributed by atoms with Crippen molar-refractivity contribution in [1.82, 2.24) is 0 Å². The first kappa shape index (κ1) is 20.1. The van der Waals surface area contributed by atoms with E-state index in [1.54, 1.807) is 24.3 Å². The van der Waals surface area contributed by atoms with Gasteiger partial charge in [-0.05, 0) is 43.2 Å². The molecule has 0 aliphatic carbocycles. The van der Waals surface area contributed by atoms with Crippen molar-refractivity contribution in [1.29, 1.82) is 0 Å². The highest BCUT2D eigenvalue weighted by molar-refractivity contribution is 5.94. The Bertz CT molecular complexity index is 818. The first-order valence-electron chi connectivity index (χ1n) is 8.31. The normalized spacial score (nSPS) is 10.1. The van der Waals surface area contributed by atoms with Crippen LogP contribution in [0.3, 0.4) is 0 Å². The molecule has 0 radical (unpaired) electrons. The Morgan fingerprint density at radius 3 is 2.44 bits per heavy atom. The molecular formula is C20H23NO6. The molecule has 7 nitrogen and oxygen atoms in total. The van der Waals surface area contributed by atoms with E-state index in [4.69, 9.17) is 18.9 Å². The molecule has 0 unspecified atom stereocenters. The third-order valence-corrected chi connectivity index (χ3v) is 3.95. The van der Waals surface area contributed by atoms with Crippen molar-refractivity contribution >= 4 is 17.6 Å². The van der Waals surface area contributed by atoms with Gasteiger partial charge in [-0.15, -0.1) is 0 Å². The number of rotatable bonds is 8. The van der Waals surface area contributed by atoms with E-state index in [1.165, 1.54) is 14.2 Å². The summed E-state index contributed by atoms with van der Waals surface area (Å²) < 4.78 is 20.7. The molecular weight excluding hydrogens is 350 g/mol. The molecule has 7 heteroatoms. The number of nitrogens with one attached hydrogen (secondary N) is 1. The van der Waals surface area contributed by atoms with Crippen LogP contribution in [0.15, 0.2) is 36.4 Å². The minimum absolute atomic E-state index is 0.278. The molecule has 1 amide bonds. The molecule has 1 N–H and O–H groups in total. The van der Waals surface area contributed by atoms with Crippen LogP contribution in [0.5, 0.6) is 17.2 Å². The third-order valence-electron chi connectivity index (χ3n) is 3.95. The average Bonchev–Trinajstić information content (AvgIpc) is 2.67. The van der Waals surface area contributed by atoms with Gasteiger partial charge in [0.25, 0.3) is 5.91 Å². The zero-order valence-corrected chi connectivity index (χ0v) is 15.8. The van der Waals surface area contributed by atoms with E-state index in [-0.39, 0.29) is 6.61 Å². The number of hydrogen-bond donors (Lipinski definition) is 1. The maximum absolute atomic E-state index is 12.0. The van der Waals surface area contributed by atoms with Gasteiger partial charge in [0.1, 0.15) is 17.2 Å². The molecule has 0 heterocycles. The summed E-state index contributed by atoms with van der Waals surface area (Å²) in [6.07, 6.45) is 0. The average molecular weight is 373 g/mol. The van der Waals surface area contributed by atoms with Gasteiger partial charge in [-0.2, -0.15) is 0 Å². The number of hydrogen-bond acceptors (Lipinski definition) is 6. The SMILES string of the molecule is COc1ccc(OC)c(NC(=O)COC(=O)COc2cccc(C)c2C)c1. The number of esters is 1. The first-order chi connectivity index (χ1) is 12.9. The van der Waals surface area contributed by atoms with Crippen molar-refractivity contribution in [2.75, 3.05) is 32.8 Å². The zero-order valence-electron chi connectivity index (χ0n) is 15.8. The minimum atomic E-state index is -0.635. The summed E-state index contributed by atoms with van der Waals surface area (Å²) in [6, 6.07) is 10.6. The van der Waals surface area contributed by atoms with Gasteiger partial charge in [0.05, 0.1) is 19.9 Å². The first-order valence-corrected chi connectivity index (χ1v) is 8.31. The van der Waals surface area contributed by atoms with E-state index in [0.29, 0.717) is 22.9 Å². The zero-order chi connectivity index (χ0) is 19.8. The van der Waals surface area contributed by atoms with Crippen LogP contribution in [0.4, 0.5) is 5.69 Å². The van der Waals surface area contributed by atoms with Crippen LogP contribution >= 0.6 is 0 Å². The second-order valence-electron chi connectivity index (χ2n) is 5.76. The van der Waals surface area contributed by atoms with Gasteiger partial charge in [-0.1, -0.05) is 12.1 Å². The number of aryl methyl sites for hydroxylation is 1. The van der Waals surface area contributed by atoms with Crippen molar-refractivity contribution in [3.8, 4) is 17.2 Å². The molecule has 0 saturated carbocycles. The number of benzene rings is 2. The van der Waals surface area contributed by atoms with Crippen molar-refractivity contribution in [2.24, 2.45) is 0 Å². The summed E-state index contributed by atoms with van der Waals surface area (Å²) in [6.45, 7) is 3.15. The molecule has 0 saturated heterocycles. The Labute approximate surface area is 158 Å². The summed E-state index contributed by atoms with van der Waals surface area (Å²) in [7, 11) is 3.01. The van der Waals surface area contributed by atoms with Crippen LogP contribution in [0.1, 0.15) is 11.1 Å². The second-order valence-corrected chi connectivity index (χ2v) is 5.76. The van der Waals surface area contributed by atoms with E-state index in [2.05, 4.69) is 5.32 Å². The molecule has 2 aromatic carbocycles. The van der Waals surface area contributed by atoms with Gasteiger partial charge in [-0.3, -0.25) is 4.79 Å². The van der Waals surface area contributed by atoms with Crippen LogP contribution in [0.25, 0.3) is 0 Å². The van der Waals surface area contributed by atoms with Crippen LogP contribution in [-0.4, -0.2) is 39.3 Å². The summed E-state index contributed by atoms with van der Waals surface area (Å²) in [5.74, 6) is 0.501. The van der Waals surface area contributed by atoms with Crippen LogP contribution < -0.4 is 19.5 Å². The Hall–Kier alpha value is -3.22. The highest BCUT2D eigenvalue weighted by atomic mass is 16.6.